The van der Waals surface area contributed by atoms with Crippen molar-refractivity contribution in [2.45, 2.75) is 96.8 Å². The number of hydrogen-bond donors (Lipinski definition) is 0. The molecule has 0 radical (unpaired) electrons. The number of likely N-dealkylation sites (tertiary alicyclic amines) is 1. The van der Waals surface area contributed by atoms with Gasteiger partial charge in [-0.25, -0.2) is 0 Å². The normalized spacial score (nSPS) is 15.0. The van der Waals surface area contributed by atoms with Gasteiger partial charge in [-0.15, -0.1) is 0 Å². The van der Waals surface area contributed by atoms with E-state index in [0.29, 0.717) is 5.91 Å². The minimum Gasteiger partial charge on any atom is -0.343 e. The number of hydrogen-bond acceptors (Lipinski definition) is 1. The van der Waals surface area contributed by atoms with Crippen LogP contribution in [0.15, 0.2) is 12.2 Å². The lowest BCUT2D eigenvalue weighted by Gasteiger charge is -2.14. The molecule has 0 bridgehead atoms. The summed E-state index contributed by atoms with van der Waals surface area (Å²) >= 11 is 0. The second-order valence-corrected chi connectivity index (χ2v) is 6.72. The minimum absolute atomic E-state index is 0.389. The predicted molar refractivity (Wildman–Crippen MR) is 96.0 cm³/mol. The first-order chi connectivity index (χ1) is 10.8. The molecule has 2 heteroatoms. The number of amides is 1. The van der Waals surface area contributed by atoms with Crippen LogP contribution in [0.1, 0.15) is 96.8 Å². The van der Waals surface area contributed by atoms with Crippen molar-refractivity contribution >= 4 is 5.91 Å². The van der Waals surface area contributed by atoms with Crippen LogP contribution in [-0.4, -0.2) is 23.9 Å². The lowest BCUT2D eigenvalue weighted by atomic mass is 10.1. The van der Waals surface area contributed by atoms with Gasteiger partial charge >= 0.3 is 0 Å². The Kier molecular flexibility index (Phi) is 12.1. The molecule has 1 aliphatic heterocycles. The Hall–Kier alpha value is -0.790. The van der Waals surface area contributed by atoms with Crippen LogP contribution < -0.4 is 0 Å². The van der Waals surface area contributed by atoms with Crippen molar-refractivity contribution in [2.75, 3.05) is 13.1 Å². The topological polar surface area (TPSA) is 20.3 Å². The Labute approximate surface area is 138 Å². The molecule has 1 saturated heterocycles. The fourth-order valence-electron chi connectivity index (χ4n) is 3.12. The Morgan fingerprint density at radius 1 is 0.818 bits per heavy atom. The molecule has 0 aromatic heterocycles. The fraction of sp³-hybridized carbons (Fsp3) is 0.850. The van der Waals surface area contributed by atoms with E-state index >= 15 is 0 Å². The number of carbonyl (C=O) groups is 1. The zero-order valence-corrected chi connectivity index (χ0v) is 14.8. The molecule has 1 fully saturated rings. The van der Waals surface area contributed by atoms with Crippen molar-refractivity contribution in [2.24, 2.45) is 0 Å². The zero-order chi connectivity index (χ0) is 15.9. The first-order valence-electron chi connectivity index (χ1n) is 9.77. The average molecular weight is 308 g/mol. The van der Waals surface area contributed by atoms with Crippen LogP contribution in [-0.2, 0) is 4.79 Å². The second kappa shape index (κ2) is 13.8. The second-order valence-electron chi connectivity index (χ2n) is 6.72. The van der Waals surface area contributed by atoms with Crippen LogP contribution in [0.25, 0.3) is 0 Å². The number of allylic oxidation sites excluding steroid dienone is 2. The maximum absolute atomic E-state index is 11.9. The third kappa shape index (κ3) is 10.0. The Morgan fingerprint density at radius 3 is 1.95 bits per heavy atom. The highest BCUT2D eigenvalue weighted by Gasteiger charge is 2.16. The van der Waals surface area contributed by atoms with Crippen LogP contribution in [0.4, 0.5) is 0 Å². The van der Waals surface area contributed by atoms with Gasteiger partial charge in [0.2, 0.25) is 5.91 Å². The molecule has 0 unspecified atom stereocenters. The van der Waals surface area contributed by atoms with Gasteiger partial charge in [0, 0.05) is 19.5 Å². The summed E-state index contributed by atoms with van der Waals surface area (Å²) in [6.45, 7) is 4.27. The van der Waals surface area contributed by atoms with Crippen molar-refractivity contribution in [3.8, 4) is 0 Å². The van der Waals surface area contributed by atoms with E-state index in [1.165, 1.54) is 77.0 Å². The van der Waals surface area contributed by atoms with Crippen molar-refractivity contribution in [3.63, 3.8) is 0 Å². The lowest BCUT2D eigenvalue weighted by Crippen LogP contribution is -2.27. The summed E-state index contributed by atoms with van der Waals surface area (Å²) in [5.41, 5.74) is 0. The van der Waals surface area contributed by atoms with Gasteiger partial charge in [0.15, 0.2) is 0 Å². The standard InChI is InChI=1S/C20H37NO/c1-2-3-4-5-6-7-8-9-10-11-12-13-14-17-20(22)21-18-15-16-19-21/h8-9H,2-7,10-19H2,1H3. The molecule has 0 spiro atoms. The highest BCUT2D eigenvalue weighted by atomic mass is 16.2. The van der Waals surface area contributed by atoms with E-state index in [1.807, 2.05) is 4.90 Å². The molecule has 0 saturated carbocycles. The zero-order valence-electron chi connectivity index (χ0n) is 14.8. The number of rotatable bonds is 13. The first-order valence-corrected chi connectivity index (χ1v) is 9.77. The van der Waals surface area contributed by atoms with E-state index in [1.54, 1.807) is 0 Å². The molecule has 1 amide bonds. The van der Waals surface area contributed by atoms with E-state index in [4.69, 9.17) is 0 Å². The van der Waals surface area contributed by atoms with Crippen LogP contribution in [0.3, 0.4) is 0 Å². The molecule has 1 rings (SSSR count). The summed E-state index contributed by atoms with van der Waals surface area (Å²) in [6, 6.07) is 0. The maximum Gasteiger partial charge on any atom is 0.222 e. The number of nitrogens with zero attached hydrogens (tertiary/aromatic N) is 1. The van der Waals surface area contributed by atoms with Gasteiger partial charge in [0.1, 0.15) is 0 Å². The van der Waals surface area contributed by atoms with E-state index in [0.717, 1.165) is 25.9 Å². The Bertz CT molecular complexity index is 292. The number of unbranched alkanes of at least 4 members (excludes halogenated alkanes) is 9. The predicted octanol–water partition coefficient (Wildman–Crippen LogP) is 5.87. The van der Waals surface area contributed by atoms with Crippen molar-refractivity contribution in [1.29, 1.82) is 0 Å². The smallest absolute Gasteiger partial charge is 0.222 e. The quantitative estimate of drug-likeness (QED) is 0.308. The molecule has 22 heavy (non-hydrogen) atoms. The molecule has 2 nitrogen and oxygen atoms in total. The van der Waals surface area contributed by atoms with Gasteiger partial charge in [-0.1, -0.05) is 57.6 Å². The van der Waals surface area contributed by atoms with Crippen molar-refractivity contribution in [3.05, 3.63) is 12.2 Å². The van der Waals surface area contributed by atoms with Gasteiger partial charge in [0.25, 0.3) is 0 Å². The third-order valence-electron chi connectivity index (χ3n) is 4.61. The molecule has 0 aliphatic carbocycles. The molecule has 0 aromatic carbocycles. The molecular weight excluding hydrogens is 270 g/mol. The third-order valence-corrected chi connectivity index (χ3v) is 4.61. The van der Waals surface area contributed by atoms with Crippen molar-refractivity contribution in [1.82, 2.24) is 4.90 Å². The summed E-state index contributed by atoms with van der Waals surface area (Å²) in [4.78, 5) is 13.9. The van der Waals surface area contributed by atoms with Crippen LogP contribution in [0.5, 0.6) is 0 Å². The molecule has 0 atom stereocenters. The van der Waals surface area contributed by atoms with E-state index in [2.05, 4.69) is 19.1 Å². The highest BCUT2D eigenvalue weighted by Crippen LogP contribution is 2.12. The van der Waals surface area contributed by atoms with Gasteiger partial charge in [0.05, 0.1) is 0 Å². The maximum atomic E-state index is 11.9. The molecular formula is C20H37NO. The SMILES string of the molecule is CCCCCCCC=CCCCCCCC(=O)N1CCCC1. The average Bonchev–Trinajstić information content (AvgIpc) is 3.06. The molecule has 1 aliphatic rings. The van der Waals surface area contributed by atoms with Gasteiger partial charge in [-0.3, -0.25) is 4.79 Å². The highest BCUT2D eigenvalue weighted by molar-refractivity contribution is 5.76. The largest absolute Gasteiger partial charge is 0.343 e. The monoisotopic (exact) mass is 307 g/mol. The summed E-state index contributed by atoms with van der Waals surface area (Å²) < 4.78 is 0. The van der Waals surface area contributed by atoms with Crippen LogP contribution in [0.2, 0.25) is 0 Å². The molecule has 0 aromatic rings. The molecule has 0 N–H and O–H groups in total. The Balaban J connectivity index is 1.80. The summed E-state index contributed by atoms with van der Waals surface area (Å²) in [5.74, 6) is 0.389. The Morgan fingerprint density at radius 2 is 1.36 bits per heavy atom. The minimum atomic E-state index is 0.389. The van der Waals surface area contributed by atoms with Crippen LogP contribution >= 0.6 is 0 Å². The van der Waals surface area contributed by atoms with Crippen LogP contribution in [0, 0.1) is 0 Å². The van der Waals surface area contributed by atoms with Gasteiger partial charge in [-0.05, 0) is 44.9 Å². The van der Waals surface area contributed by atoms with E-state index in [9.17, 15) is 4.79 Å². The summed E-state index contributed by atoms with van der Waals surface area (Å²) in [7, 11) is 0. The molecule has 1 heterocycles. The molecule has 128 valence electrons. The van der Waals surface area contributed by atoms with Gasteiger partial charge in [-0.2, -0.15) is 0 Å². The summed E-state index contributed by atoms with van der Waals surface area (Å²) in [6.07, 6.45) is 22.1. The first kappa shape index (κ1) is 19.3. The number of carbonyl (C=O) groups excluding carboxylic acids is 1. The van der Waals surface area contributed by atoms with Gasteiger partial charge < -0.3 is 4.90 Å². The lowest BCUT2D eigenvalue weighted by molar-refractivity contribution is -0.130. The van der Waals surface area contributed by atoms with E-state index < -0.39 is 0 Å². The summed E-state index contributed by atoms with van der Waals surface area (Å²) in [5, 5.41) is 0. The fourth-order valence-corrected chi connectivity index (χ4v) is 3.12. The van der Waals surface area contributed by atoms with Crippen molar-refractivity contribution < 1.29 is 4.79 Å². The van der Waals surface area contributed by atoms with E-state index in [-0.39, 0.29) is 0 Å².